The molecule has 0 radical (unpaired) electrons. The molecule has 1 aliphatic heterocycles. The van der Waals surface area contributed by atoms with Gasteiger partial charge in [-0.15, -0.1) is 22.9 Å². The maximum atomic E-state index is 13.5. The second-order valence-electron chi connectivity index (χ2n) is 6.83. The zero-order chi connectivity index (χ0) is 21.3. The first kappa shape index (κ1) is 20.8. The van der Waals surface area contributed by atoms with Crippen LogP contribution in [0.5, 0.6) is 5.75 Å². The van der Waals surface area contributed by atoms with E-state index in [1.54, 1.807) is 47.4 Å². The molecule has 2 aromatic carbocycles. The Kier molecular flexibility index (Phi) is 5.75. The number of rotatable bonds is 5. The van der Waals surface area contributed by atoms with E-state index < -0.39 is 11.1 Å². The number of anilines is 1. The first-order valence-corrected chi connectivity index (χ1v) is 10.6. The first-order valence-electron chi connectivity index (χ1n) is 9.24. The summed E-state index contributed by atoms with van der Waals surface area (Å²) >= 11 is 6.34. The highest BCUT2D eigenvalue weighted by molar-refractivity contribution is 7.12. The highest BCUT2D eigenvalue weighted by Gasteiger charge is 2.36. The molecule has 8 heteroatoms. The van der Waals surface area contributed by atoms with E-state index in [1.807, 2.05) is 6.07 Å². The Morgan fingerprint density at radius 3 is 2.60 bits per heavy atom. The number of halogens is 4. The molecule has 0 unspecified atom stereocenters. The molecule has 0 N–H and O–H groups in total. The Hall–Kier alpha value is -2.51. The monoisotopic (exact) mass is 451 g/mol. The molecule has 0 atom stereocenters. The van der Waals surface area contributed by atoms with Crippen LogP contribution in [-0.2, 0) is 24.0 Å². The third-order valence-electron chi connectivity index (χ3n) is 4.87. The van der Waals surface area contributed by atoms with Crippen molar-refractivity contribution in [2.24, 2.45) is 0 Å². The highest BCUT2D eigenvalue weighted by Crippen LogP contribution is 2.43. The van der Waals surface area contributed by atoms with Gasteiger partial charge in [-0.1, -0.05) is 30.3 Å². The maximum Gasteiger partial charge on any atom is 0.426 e. The van der Waals surface area contributed by atoms with Crippen LogP contribution < -0.4 is 9.64 Å². The van der Waals surface area contributed by atoms with E-state index in [2.05, 4.69) is 0 Å². The minimum absolute atomic E-state index is 0.0314. The molecule has 3 aromatic rings. The molecule has 0 saturated carbocycles. The van der Waals surface area contributed by atoms with E-state index >= 15 is 0 Å². The number of ether oxygens (including phenoxy) is 1. The average molecular weight is 452 g/mol. The Morgan fingerprint density at radius 2 is 1.90 bits per heavy atom. The summed E-state index contributed by atoms with van der Waals surface area (Å²) in [7, 11) is 0. The number of fused-ring (bicyclic) bond motifs is 1. The quantitative estimate of drug-likeness (QED) is 0.436. The number of thiophene rings is 1. The predicted molar refractivity (Wildman–Crippen MR) is 112 cm³/mol. The molecular weight excluding hydrogens is 435 g/mol. The van der Waals surface area contributed by atoms with Gasteiger partial charge in [0.2, 0.25) is 5.91 Å². The number of carbonyl (C=O) groups is 1. The van der Waals surface area contributed by atoms with E-state index in [0.29, 0.717) is 40.5 Å². The predicted octanol–water partition coefficient (Wildman–Crippen LogP) is 6.14. The molecule has 1 amide bonds. The lowest BCUT2D eigenvalue weighted by atomic mass is 10.1. The standard InChI is InChI=1S/C22H17ClF3NO2S/c23-12-20(28)27-9-8-15-10-16(6-7-19(15)27)29-13-17-11-18(14-4-2-1-3-5-14)21(30-17)22(24,25)26/h1-7,10-11H,8-9,12-13H2. The minimum Gasteiger partial charge on any atom is -0.488 e. The smallest absolute Gasteiger partial charge is 0.426 e. The van der Waals surface area contributed by atoms with Gasteiger partial charge in [-0.2, -0.15) is 13.2 Å². The van der Waals surface area contributed by atoms with Gasteiger partial charge in [0.25, 0.3) is 0 Å². The van der Waals surface area contributed by atoms with Gasteiger partial charge in [-0.3, -0.25) is 4.79 Å². The van der Waals surface area contributed by atoms with Crippen LogP contribution in [0.15, 0.2) is 54.6 Å². The van der Waals surface area contributed by atoms with Gasteiger partial charge in [-0.25, -0.2) is 0 Å². The number of hydrogen-bond acceptors (Lipinski definition) is 3. The third kappa shape index (κ3) is 4.18. The summed E-state index contributed by atoms with van der Waals surface area (Å²) in [5.74, 6) is 0.314. The Balaban J connectivity index is 1.54. The van der Waals surface area contributed by atoms with Crippen LogP contribution in [0, 0.1) is 0 Å². The second kappa shape index (κ2) is 8.32. The molecule has 2 heterocycles. The molecule has 30 heavy (non-hydrogen) atoms. The number of carbonyl (C=O) groups excluding carboxylic acids is 1. The van der Waals surface area contributed by atoms with Gasteiger partial charge < -0.3 is 9.64 Å². The Morgan fingerprint density at radius 1 is 1.13 bits per heavy atom. The molecule has 0 fully saturated rings. The van der Waals surface area contributed by atoms with E-state index in [4.69, 9.17) is 16.3 Å². The number of hydrogen-bond donors (Lipinski definition) is 0. The summed E-state index contributed by atoms with van der Waals surface area (Å²) in [6.45, 7) is 0.592. The zero-order valence-electron chi connectivity index (χ0n) is 15.7. The van der Waals surface area contributed by atoms with Crippen LogP contribution >= 0.6 is 22.9 Å². The second-order valence-corrected chi connectivity index (χ2v) is 8.23. The van der Waals surface area contributed by atoms with E-state index in [0.717, 1.165) is 11.3 Å². The molecule has 156 valence electrons. The van der Waals surface area contributed by atoms with Gasteiger partial charge in [0.1, 0.15) is 23.1 Å². The van der Waals surface area contributed by atoms with Crippen molar-refractivity contribution in [3.8, 4) is 16.9 Å². The van der Waals surface area contributed by atoms with Crippen molar-refractivity contribution in [3.05, 3.63) is 69.9 Å². The number of nitrogens with zero attached hydrogens (tertiary/aromatic N) is 1. The van der Waals surface area contributed by atoms with Gasteiger partial charge in [0, 0.05) is 22.7 Å². The van der Waals surface area contributed by atoms with Crippen molar-refractivity contribution in [1.29, 1.82) is 0 Å². The molecule has 3 nitrogen and oxygen atoms in total. The fourth-order valence-electron chi connectivity index (χ4n) is 3.51. The lowest BCUT2D eigenvalue weighted by Gasteiger charge is -2.16. The van der Waals surface area contributed by atoms with Crippen molar-refractivity contribution in [2.45, 2.75) is 19.2 Å². The normalized spacial score (nSPS) is 13.4. The first-order chi connectivity index (χ1) is 14.4. The molecule has 4 rings (SSSR count). The van der Waals surface area contributed by atoms with Crippen molar-refractivity contribution in [3.63, 3.8) is 0 Å². The lowest BCUT2D eigenvalue weighted by Crippen LogP contribution is -2.29. The fraction of sp³-hybridized carbons (Fsp3) is 0.227. The van der Waals surface area contributed by atoms with Gasteiger partial charge in [0.05, 0.1) is 0 Å². The number of benzene rings is 2. The van der Waals surface area contributed by atoms with Gasteiger partial charge in [-0.05, 0) is 41.8 Å². The third-order valence-corrected chi connectivity index (χ3v) is 6.25. The molecule has 1 aromatic heterocycles. The summed E-state index contributed by atoms with van der Waals surface area (Å²) in [4.78, 5) is 13.4. The van der Waals surface area contributed by atoms with Crippen molar-refractivity contribution >= 4 is 34.5 Å². The summed E-state index contributed by atoms with van der Waals surface area (Å²) in [5.41, 5.74) is 2.44. The summed E-state index contributed by atoms with van der Waals surface area (Å²) < 4.78 is 46.3. The van der Waals surface area contributed by atoms with Crippen molar-refractivity contribution in [1.82, 2.24) is 0 Å². The molecule has 0 bridgehead atoms. The van der Waals surface area contributed by atoms with E-state index in [1.165, 1.54) is 6.07 Å². The minimum atomic E-state index is -4.43. The van der Waals surface area contributed by atoms with Crippen LogP contribution in [0.25, 0.3) is 11.1 Å². The molecule has 0 saturated heterocycles. The van der Waals surface area contributed by atoms with Crippen LogP contribution in [-0.4, -0.2) is 18.3 Å². The van der Waals surface area contributed by atoms with Crippen LogP contribution in [0.4, 0.5) is 18.9 Å². The fourth-order valence-corrected chi connectivity index (χ4v) is 4.61. The summed E-state index contributed by atoms with van der Waals surface area (Å²) in [5, 5.41) is 0. The van der Waals surface area contributed by atoms with E-state index in [-0.39, 0.29) is 24.0 Å². The van der Waals surface area contributed by atoms with Gasteiger partial charge >= 0.3 is 6.18 Å². The average Bonchev–Trinajstić information content (AvgIpc) is 3.36. The van der Waals surface area contributed by atoms with Gasteiger partial charge in [0.15, 0.2) is 0 Å². The zero-order valence-corrected chi connectivity index (χ0v) is 17.3. The Labute approximate surface area is 180 Å². The topological polar surface area (TPSA) is 29.5 Å². The molecular formula is C22H17ClF3NO2S. The summed E-state index contributed by atoms with van der Waals surface area (Å²) in [6, 6.07) is 15.4. The van der Waals surface area contributed by atoms with E-state index in [9.17, 15) is 18.0 Å². The number of amides is 1. The highest BCUT2D eigenvalue weighted by atomic mass is 35.5. The van der Waals surface area contributed by atoms with Crippen molar-refractivity contribution < 1.29 is 22.7 Å². The largest absolute Gasteiger partial charge is 0.488 e. The van der Waals surface area contributed by atoms with Crippen LogP contribution in [0.1, 0.15) is 15.3 Å². The van der Waals surface area contributed by atoms with Crippen LogP contribution in [0.3, 0.4) is 0 Å². The maximum absolute atomic E-state index is 13.5. The lowest BCUT2D eigenvalue weighted by molar-refractivity contribution is -0.133. The molecule has 1 aliphatic rings. The molecule has 0 spiro atoms. The van der Waals surface area contributed by atoms with Crippen LogP contribution in [0.2, 0.25) is 0 Å². The Bertz CT molecular complexity index is 1070. The molecule has 0 aliphatic carbocycles. The summed E-state index contributed by atoms with van der Waals surface area (Å²) in [6.07, 6.45) is -3.75. The van der Waals surface area contributed by atoms with Crippen molar-refractivity contribution in [2.75, 3.05) is 17.3 Å². The number of alkyl halides is 4. The SMILES string of the molecule is O=C(CCl)N1CCc2cc(OCc3cc(-c4ccccc4)c(C(F)(F)F)s3)ccc21.